The zero-order chi connectivity index (χ0) is 25.4. The van der Waals surface area contributed by atoms with Crippen LogP contribution >= 0.6 is 0 Å². The van der Waals surface area contributed by atoms with Gasteiger partial charge < -0.3 is 18.9 Å². The molecule has 0 saturated carbocycles. The molecular weight excluding hydrogens is 444 g/mol. The highest BCUT2D eigenvalue weighted by Gasteiger charge is 2.20. The third-order valence-corrected chi connectivity index (χ3v) is 5.99. The van der Waals surface area contributed by atoms with E-state index >= 15 is 0 Å². The molecule has 0 aliphatic rings. The van der Waals surface area contributed by atoms with E-state index in [9.17, 15) is 9.59 Å². The fourth-order valence-corrected chi connectivity index (χ4v) is 3.89. The van der Waals surface area contributed by atoms with Gasteiger partial charge in [-0.3, -0.25) is 9.59 Å². The highest BCUT2D eigenvalue weighted by molar-refractivity contribution is 6.11. The fourth-order valence-electron chi connectivity index (χ4n) is 3.89. The van der Waals surface area contributed by atoms with Crippen LogP contribution in [0.2, 0.25) is 0 Å². The smallest absolute Gasteiger partial charge is 0.305 e. The minimum Gasteiger partial charge on any atom is -0.488 e. The molecule has 3 aromatic rings. The molecule has 6 nitrogen and oxygen atoms in total. The third-order valence-electron chi connectivity index (χ3n) is 5.99. The maximum Gasteiger partial charge on any atom is 0.305 e. The first kappa shape index (κ1) is 26.3. The average molecular weight is 481 g/mol. The van der Waals surface area contributed by atoms with Gasteiger partial charge in [0.1, 0.15) is 36.9 Å². The monoisotopic (exact) mass is 480 g/mol. The first-order valence-corrected chi connectivity index (χ1v) is 12.5. The number of ether oxygens (including phenoxy) is 4. The van der Waals surface area contributed by atoms with Crippen molar-refractivity contribution in [3.8, 4) is 11.5 Å². The zero-order valence-corrected chi connectivity index (χ0v) is 21.4. The lowest BCUT2D eigenvalue weighted by Crippen LogP contribution is -2.24. The molecule has 2 atom stereocenters. The Morgan fingerprint density at radius 1 is 0.686 bits per heavy atom. The van der Waals surface area contributed by atoms with Crippen LogP contribution in [0.4, 0.5) is 0 Å². The minimum absolute atomic E-state index is 0.232. The van der Waals surface area contributed by atoms with Crippen LogP contribution in [0, 0.1) is 6.92 Å². The van der Waals surface area contributed by atoms with Gasteiger partial charge in [0.15, 0.2) is 0 Å². The number of aryl methyl sites for hydroxylation is 1. The molecule has 0 aromatic heterocycles. The molecule has 3 aromatic carbocycles. The molecule has 3 rings (SSSR count). The second kappa shape index (κ2) is 12.4. The SMILES string of the molecule is CCC(=O)OC(CC)COc1c2ccccc2c(OCC(CC)OC(=O)CC)c2cc(C)ccc12. The highest BCUT2D eigenvalue weighted by Crippen LogP contribution is 2.43. The first-order valence-electron chi connectivity index (χ1n) is 12.5. The van der Waals surface area contributed by atoms with Gasteiger partial charge in [-0.1, -0.05) is 69.7 Å². The van der Waals surface area contributed by atoms with Gasteiger partial charge in [0, 0.05) is 34.4 Å². The van der Waals surface area contributed by atoms with Gasteiger partial charge in [-0.15, -0.1) is 0 Å². The van der Waals surface area contributed by atoms with E-state index in [4.69, 9.17) is 18.9 Å². The Kier molecular flexibility index (Phi) is 9.35. The maximum absolute atomic E-state index is 11.8. The van der Waals surface area contributed by atoms with Crippen molar-refractivity contribution in [3.63, 3.8) is 0 Å². The van der Waals surface area contributed by atoms with Gasteiger partial charge in [0.05, 0.1) is 0 Å². The summed E-state index contributed by atoms with van der Waals surface area (Å²) in [7, 11) is 0. The summed E-state index contributed by atoms with van der Waals surface area (Å²) in [6, 6.07) is 14.1. The number of rotatable bonds is 12. The van der Waals surface area contributed by atoms with Gasteiger partial charge in [-0.25, -0.2) is 0 Å². The van der Waals surface area contributed by atoms with E-state index < -0.39 is 0 Å². The van der Waals surface area contributed by atoms with Crippen molar-refractivity contribution >= 4 is 33.5 Å². The maximum atomic E-state index is 11.8. The molecule has 0 bridgehead atoms. The van der Waals surface area contributed by atoms with Crippen LogP contribution in [0.5, 0.6) is 11.5 Å². The molecule has 188 valence electrons. The van der Waals surface area contributed by atoms with Crippen molar-refractivity contribution in [1.82, 2.24) is 0 Å². The molecule has 0 spiro atoms. The van der Waals surface area contributed by atoms with Crippen molar-refractivity contribution < 1.29 is 28.5 Å². The number of fused-ring (bicyclic) bond motifs is 2. The van der Waals surface area contributed by atoms with Gasteiger partial charge in [0.25, 0.3) is 0 Å². The van der Waals surface area contributed by atoms with Crippen molar-refractivity contribution in [2.45, 2.75) is 72.5 Å². The lowest BCUT2D eigenvalue weighted by molar-refractivity contribution is -0.151. The van der Waals surface area contributed by atoms with E-state index in [1.165, 1.54) is 0 Å². The van der Waals surface area contributed by atoms with Crippen LogP contribution in [0.1, 0.15) is 58.9 Å². The van der Waals surface area contributed by atoms with E-state index in [1.54, 1.807) is 13.8 Å². The minimum atomic E-state index is -0.324. The standard InChI is InChI=1S/C29H36O6/c1-6-20(34-26(30)8-3)17-32-28-22-12-10-11-13-23(22)29(25-16-19(5)14-15-24(25)28)33-18-21(7-2)35-27(31)9-4/h10-16,20-21H,6-9,17-18H2,1-5H3. The molecule has 0 radical (unpaired) electrons. The largest absolute Gasteiger partial charge is 0.488 e. The summed E-state index contributed by atoms with van der Waals surface area (Å²) in [6.07, 6.45) is 1.35. The molecule has 0 aliphatic heterocycles. The Bertz CT molecular complexity index is 1170. The summed E-state index contributed by atoms with van der Waals surface area (Å²) in [5, 5.41) is 3.67. The highest BCUT2D eigenvalue weighted by atomic mass is 16.6. The Morgan fingerprint density at radius 3 is 1.60 bits per heavy atom. The number of esters is 2. The Hall–Kier alpha value is -3.28. The summed E-state index contributed by atoms with van der Waals surface area (Å²) in [5.74, 6) is 1.01. The molecule has 0 N–H and O–H groups in total. The van der Waals surface area contributed by atoms with E-state index in [0.717, 1.165) is 38.6 Å². The molecule has 0 amide bonds. The first-order chi connectivity index (χ1) is 16.9. The van der Waals surface area contributed by atoms with Gasteiger partial charge in [-0.05, 0) is 25.8 Å². The molecule has 0 saturated heterocycles. The van der Waals surface area contributed by atoms with Gasteiger partial charge in [-0.2, -0.15) is 0 Å². The molecule has 35 heavy (non-hydrogen) atoms. The van der Waals surface area contributed by atoms with E-state index in [-0.39, 0.29) is 37.4 Å². The second-order valence-electron chi connectivity index (χ2n) is 8.62. The number of hydrogen-bond acceptors (Lipinski definition) is 6. The Labute approximate surface area is 207 Å². The molecule has 0 fully saturated rings. The van der Waals surface area contributed by atoms with Crippen LogP contribution < -0.4 is 9.47 Å². The number of benzene rings is 3. The van der Waals surface area contributed by atoms with Crippen LogP contribution in [0.25, 0.3) is 21.5 Å². The molecular formula is C29H36O6. The van der Waals surface area contributed by atoms with Crippen molar-refractivity contribution in [1.29, 1.82) is 0 Å². The molecule has 0 aliphatic carbocycles. The summed E-state index contributed by atoms with van der Waals surface area (Å²) in [4.78, 5) is 23.6. The van der Waals surface area contributed by atoms with Gasteiger partial charge in [0.2, 0.25) is 0 Å². The van der Waals surface area contributed by atoms with Crippen LogP contribution in [-0.4, -0.2) is 37.4 Å². The van der Waals surface area contributed by atoms with Gasteiger partial charge >= 0.3 is 11.9 Å². The van der Waals surface area contributed by atoms with E-state index in [1.807, 2.05) is 57.2 Å². The zero-order valence-electron chi connectivity index (χ0n) is 21.4. The van der Waals surface area contributed by atoms with E-state index in [0.29, 0.717) is 25.7 Å². The van der Waals surface area contributed by atoms with Crippen molar-refractivity contribution in [3.05, 3.63) is 48.0 Å². The summed E-state index contributed by atoms with van der Waals surface area (Å²) in [6.45, 7) is 10.1. The van der Waals surface area contributed by atoms with Crippen LogP contribution in [0.15, 0.2) is 42.5 Å². The number of carbonyl (C=O) groups is 2. The third kappa shape index (κ3) is 6.44. The van der Waals surface area contributed by atoms with Crippen LogP contribution in [-0.2, 0) is 19.1 Å². The Balaban J connectivity index is 2.02. The quantitative estimate of drug-likeness (QED) is 0.217. The summed E-state index contributed by atoms with van der Waals surface area (Å²) >= 11 is 0. The lowest BCUT2D eigenvalue weighted by atomic mass is 9.99. The lowest BCUT2D eigenvalue weighted by Gasteiger charge is -2.22. The molecule has 6 heteroatoms. The van der Waals surface area contributed by atoms with Crippen molar-refractivity contribution in [2.24, 2.45) is 0 Å². The average Bonchev–Trinajstić information content (AvgIpc) is 2.88. The fraction of sp³-hybridized carbons (Fsp3) is 0.448. The van der Waals surface area contributed by atoms with Crippen LogP contribution in [0.3, 0.4) is 0 Å². The van der Waals surface area contributed by atoms with E-state index in [2.05, 4.69) is 6.07 Å². The normalized spacial score (nSPS) is 12.8. The molecule has 0 heterocycles. The predicted molar refractivity (Wildman–Crippen MR) is 138 cm³/mol. The summed E-state index contributed by atoms with van der Waals surface area (Å²) in [5.41, 5.74) is 1.09. The number of hydrogen-bond donors (Lipinski definition) is 0. The molecule has 2 unspecified atom stereocenters. The Morgan fingerprint density at radius 2 is 1.14 bits per heavy atom. The second-order valence-corrected chi connectivity index (χ2v) is 8.62. The summed E-state index contributed by atoms with van der Waals surface area (Å²) < 4.78 is 23.7. The van der Waals surface area contributed by atoms with Crippen molar-refractivity contribution in [2.75, 3.05) is 13.2 Å². The number of carbonyl (C=O) groups excluding carboxylic acids is 2. The predicted octanol–water partition coefficient (Wildman–Crippen LogP) is 6.52. The topological polar surface area (TPSA) is 71.1 Å².